The van der Waals surface area contributed by atoms with Crippen molar-refractivity contribution in [2.45, 2.75) is 50.1 Å². The van der Waals surface area contributed by atoms with Crippen molar-refractivity contribution < 1.29 is 22.1 Å². The summed E-state index contributed by atoms with van der Waals surface area (Å²) in [6.07, 6.45) is 2.31. The van der Waals surface area contributed by atoms with Crippen molar-refractivity contribution in [1.29, 1.82) is 0 Å². The minimum atomic E-state index is -3.63. The summed E-state index contributed by atoms with van der Waals surface area (Å²) in [6.45, 7) is 1.62. The van der Waals surface area contributed by atoms with Crippen LogP contribution in [0, 0.1) is 0 Å². The molecule has 2 saturated heterocycles. The number of morpholine rings is 1. The van der Waals surface area contributed by atoms with Crippen molar-refractivity contribution in [3.8, 4) is 0 Å². The van der Waals surface area contributed by atoms with Gasteiger partial charge in [0, 0.05) is 33.8 Å². The lowest BCUT2D eigenvalue weighted by atomic mass is 9.90. The van der Waals surface area contributed by atoms with Gasteiger partial charge in [-0.05, 0) is 39.7 Å². The number of aromatic nitrogens is 1. The highest BCUT2D eigenvalue weighted by molar-refractivity contribution is 7.90. The summed E-state index contributed by atoms with van der Waals surface area (Å²) in [5, 5.41) is 2.94. The molecule has 1 amide bonds. The molecule has 2 fully saturated rings. The summed E-state index contributed by atoms with van der Waals surface area (Å²) in [4.78, 5) is 14.7. The van der Waals surface area contributed by atoms with Gasteiger partial charge < -0.3 is 10.1 Å². The SMILES string of the molecule is [2H]C([2H])([2H])N1[C@@H]2COC[C@H]1C[C@@H](NC(=O)c1cn(S(=O)(=O)C(C)C)c3ccccc13)C2. The number of carbonyl (C=O) groups is 1. The van der Waals surface area contributed by atoms with Gasteiger partial charge in [-0.25, -0.2) is 12.4 Å². The fourth-order valence-electron chi connectivity index (χ4n) is 4.06. The predicted octanol–water partition coefficient (Wildman–Crippen LogP) is 1.82. The third-order valence-electron chi connectivity index (χ3n) is 5.65. The lowest BCUT2D eigenvalue weighted by Crippen LogP contribution is -2.59. The minimum Gasteiger partial charge on any atom is -0.378 e. The molecular weight excluding hydrogens is 378 g/mol. The number of para-hydroxylation sites is 1. The van der Waals surface area contributed by atoms with Gasteiger partial charge in [0.05, 0.1) is 29.5 Å². The number of likely N-dealkylation sites (N-methyl/N-ethyl adjacent to an activating group) is 1. The Bertz CT molecular complexity index is 1080. The Kier molecular flexibility index (Phi) is 4.08. The molecule has 8 heteroatoms. The molecular formula is C20H27N3O4S. The Balaban J connectivity index is 1.61. The summed E-state index contributed by atoms with van der Waals surface area (Å²) in [7, 11) is -3.63. The van der Waals surface area contributed by atoms with Gasteiger partial charge in [-0.1, -0.05) is 18.2 Å². The lowest BCUT2D eigenvalue weighted by molar-refractivity contribution is -0.0670. The number of rotatable bonds is 4. The molecule has 0 unspecified atom stereocenters. The van der Waals surface area contributed by atoms with Crippen LogP contribution in [0.25, 0.3) is 10.9 Å². The molecule has 3 atom stereocenters. The van der Waals surface area contributed by atoms with E-state index in [4.69, 9.17) is 8.85 Å². The molecule has 1 N–H and O–H groups in total. The monoisotopic (exact) mass is 408 g/mol. The third-order valence-corrected chi connectivity index (χ3v) is 7.69. The Morgan fingerprint density at radius 3 is 2.57 bits per heavy atom. The molecule has 0 saturated carbocycles. The molecule has 2 aromatic rings. The van der Waals surface area contributed by atoms with E-state index in [1.54, 1.807) is 38.1 Å². The molecule has 1 aromatic carbocycles. The quantitative estimate of drug-likeness (QED) is 0.835. The summed E-state index contributed by atoms with van der Waals surface area (Å²) in [5.41, 5.74) is 0.753. The second-order valence-electron chi connectivity index (χ2n) is 7.84. The molecule has 0 aliphatic carbocycles. The van der Waals surface area contributed by atoms with Gasteiger partial charge in [0.2, 0.25) is 10.0 Å². The van der Waals surface area contributed by atoms with Gasteiger partial charge >= 0.3 is 0 Å². The first-order chi connectivity index (χ1) is 14.5. The van der Waals surface area contributed by atoms with Crippen molar-refractivity contribution in [2.24, 2.45) is 0 Å². The van der Waals surface area contributed by atoms with Crippen LogP contribution in [-0.4, -0.2) is 66.8 Å². The molecule has 2 aliphatic heterocycles. The van der Waals surface area contributed by atoms with Crippen LogP contribution in [0.5, 0.6) is 0 Å². The van der Waals surface area contributed by atoms with E-state index in [9.17, 15) is 13.2 Å². The highest BCUT2D eigenvalue weighted by Gasteiger charge is 2.37. The second-order valence-corrected chi connectivity index (χ2v) is 10.2. The number of hydrogen-bond acceptors (Lipinski definition) is 5. The number of nitrogens with zero attached hydrogens (tertiary/aromatic N) is 2. The third kappa shape index (κ3) is 3.23. The average molecular weight is 409 g/mol. The lowest BCUT2D eigenvalue weighted by Gasteiger charge is -2.46. The Hall–Kier alpha value is -1.90. The zero-order valence-electron chi connectivity index (χ0n) is 19.0. The zero-order valence-corrected chi connectivity index (χ0v) is 16.8. The normalized spacial score (nSPS) is 28.0. The summed E-state index contributed by atoms with van der Waals surface area (Å²) >= 11 is 0. The van der Waals surface area contributed by atoms with E-state index < -0.39 is 22.2 Å². The number of carbonyl (C=O) groups excluding carboxylic acids is 1. The summed E-state index contributed by atoms with van der Waals surface area (Å²) < 4.78 is 55.7. The fourth-order valence-corrected chi connectivity index (χ4v) is 5.20. The molecule has 1 aromatic heterocycles. The largest absolute Gasteiger partial charge is 0.378 e. The fraction of sp³-hybridized carbons (Fsp3) is 0.550. The Morgan fingerprint density at radius 1 is 1.25 bits per heavy atom. The number of hydrogen-bond donors (Lipinski definition) is 1. The molecule has 2 aliphatic rings. The maximum absolute atomic E-state index is 13.2. The zero-order chi connectivity index (χ0) is 22.6. The van der Waals surface area contributed by atoms with E-state index in [1.807, 2.05) is 0 Å². The van der Waals surface area contributed by atoms with Gasteiger partial charge in [-0.3, -0.25) is 9.69 Å². The number of amides is 1. The molecule has 152 valence electrons. The van der Waals surface area contributed by atoms with Crippen LogP contribution in [0.4, 0.5) is 0 Å². The van der Waals surface area contributed by atoms with Crippen molar-refractivity contribution in [3.05, 3.63) is 36.0 Å². The Morgan fingerprint density at radius 2 is 1.93 bits per heavy atom. The van der Waals surface area contributed by atoms with Crippen LogP contribution in [0.15, 0.2) is 30.5 Å². The summed E-state index contributed by atoms with van der Waals surface area (Å²) in [5.74, 6) is -0.361. The van der Waals surface area contributed by atoms with Crippen LogP contribution in [0.3, 0.4) is 0 Å². The highest BCUT2D eigenvalue weighted by atomic mass is 32.2. The van der Waals surface area contributed by atoms with Crippen molar-refractivity contribution in [3.63, 3.8) is 0 Å². The number of ether oxygens (including phenoxy) is 1. The topological polar surface area (TPSA) is 80.6 Å². The smallest absolute Gasteiger partial charge is 0.253 e. The standard InChI is InChI=1S/C20H27N3O4S/c1-13(2)28(25,26)23-10-18(17-6-4-5-7-19(17)23)20(24)21-14-8-15-11-27-12-16(9-14)22(15)3/h4-7,10,13-16H,8-9,11-12H2,1-3H3,(H,21,24)/t14-,15-,16+/i3D3. The number of fused-ring (bicyclic) bond motifs is 3. The van der Waals surface area contributed by atoms with Gasteiger partial charge in [0.1, 0.15) is 0 Å². The van der Waals surface area contributed by atoms with E-state index >= 15 is 0 Å². The van der Waals surface area contributed by atoms with E-state index in [1.165, 1.54) is 15.1 Å². The first kappa shape index (κ1) is 16.0. The van der Waals surface area contributed by atoms with E-state index in [0.29, 0.717) is 42.5 Å². The van der Waals surface area contributed by atoms with E-state index in [0.717, 1.165) is 0 Å². The van der Waals surface area contributed by atoms with Gasteiger partial charge in [0.25, 0.3) is 5.91 Å². The maximum atomic E-state index is 13.2. The molecule has 3 heterocycles. The number of benzene rings is 1. The minimum absolute atomic E-state index is 0.214. The highest BCUT2D eigenvalue weighted by Crippen LogP contribution is 2.28. The molecule has 0 spiro atoms. The molecule has 7 nitrogen and oxygen atoms in total. The van der Waals surface area contributed by atoms with Crippen molar-refractivity contribution >= 4 is 26.8 Å². The summed E-state index contributed by atoms with van der Waals surface area (Å²) in [6, 6.07) is 6.11. The maximum Gasteiger partial charge on any atom is 0.253 e. The molecule has 2 bridgehead atoms. The van der Waals surface area contributed by atoms with E-state index in [2.05, 4.69) is 5.32 Å². The van der Waals surface area contributed by atoms with E-state index in [-0.39, 0.29) is 24.0 Å². The first-order valence-electron chi connectivity index (χ1n) is 11.0. The van der Waals surface area contributed by atoms with Gasteiger partial charge in [0.15, 0.2) is 0 Å². The van der Waals surface area contributed by atoms with Gasteiger partial charge in [-0.15, -0.1) is 0 Å². The van der Waals surface area contributed by atoms with Crippen molar-refractivity contribution in [1.82, 2.24) is 14.2 Å². The Labute approximate surface area is 169 Å². The first-order valence-corrected chi connectivity index (χ1v) is 11.0. The van der Waals surface area contributed by atoms with Crippen molar-refractivity contribution in [2.75, 3.05) is 20.2 Å². The molecule has 4 rings (SSSR count). The van der Waals surface area contributed by atoms with Crippen LogP contribution in [0.2, 0.25) is 0 Å². The second kappa shape index (κ2) is 7.17. The molecule has 28 heavy (non-hydrogen) atoms. The average Bonchev–Trinajstić information content (AvgIpc) is 3.07. The number of piperidine rings is 1. The van der Waals surface area contributed by atoms with Crippen LogP contribution in [0.1, 0.15) is 41.2 Å². The van der Waals surface area contributed by atoms with Crippen LogP contribution in [-0.2, 0) is 14.8 Å². The van der Waals surface area contributed by atoms with Gasteiger partial charge in [-0.2, -0.15) is 0 Å². The van der Waals surface area contributed by atoms with Crippen LogP contribution < -0.4 is 5.32 Å². The molecule has 0 radical (unpaired) electrons. The predicted molar refractivity (Wildman–Crippen MR) is 108 cm³/mol. The van der Waals surface area contributed by atoms with Crippen LogP contribution >= 0.6 is 0 Å². The number of nitrogens with one attached hydrogen (secondary N) is 1.